The van der Waals surface area contributed by atoms with Gasteiger partial charge in [0.05, 0.1) is 6.10 Å². The Morgan fingerprint density at radius 3 is 2.13 bits per heavy atom. The Morgan fingerprint density at radius 1 is 1.30 bits per heavy atom. The maximum atomic E-state index is 11.6. The zero-order valence-corrected chi connectivity index (χ0v) is 16.5. The molecule has 0 aromatic carbocycles. The molecule has 4 atom stereocenters. The first kappa shape index (κ1) is 22.5. The molecule has 0 spiro atoms. The predicted octanol–water partition coefficient (Wildman–Crippen LogP) is -1.38. The van der Waals surface area contributed by atoms with E-state index >= 15 is 0 Å². The van der Waals surface area contributed by atoms with Crippen LogP contribution in [0.25, 0.3) is 0 Å². The van der Waals surface area contributed by atoms with Crippen molar-refractivity contribution in [3.8, 4) is 0 Å². The zero-order valence-electron chi connectivity index (χ0n) is 14.5. The second kappa shape index (κ2) is 11.1. The van der Waals surface area contributed by atoms with Crippen molar-refractivity contribution in [3.63, 3.8) is 0 Å². The number of nitrogens with two attached hydrogens (primary N) is 1. The van der Waals surface area contributed by atoms with Gasteiger partial charge in [0, 0.05) is 13.7 Å². The Kier molecular flexibility index (Phi) is 10.9. The van der Waals surface area contributed by atoms with E-state index in [4.69, 9.17) is 15.6 Å². The van der Waals surface area contributed by atoms with Crippen LogP contribution in [0.5, 0.6) is 0 Å². The molecule has 0 aromatic heterocycles. The predicted molar refractivity (Wildman–Crippen MR) is 86.0 cm³/mol. The quantitative estimate of drug-likeness (QED) is 0.315. The van der Waals surface area contributed by atoms with Crippen molar-refractivity contribution in [3.05, 3.63) is 0 Å². The number of methoxy groups -OCH3 is 1. The number of nitrogens with one attached hydrogen (secondary N) is 2. The Labute approximate surface area is 154 Å². The molecule has 1 aliphatic rings. The summed E-state index contributed by atoms with van der Waals surface area (Å²) >= 11 is 0.380. The Hall–Kier alpha value is -0.510. The number of carbonyl (C=O) groups is 3. The van der Waals surface area contributed by atoms with Crippen LogP contribution in [0.3, 0.4) is 0 Å². The molecule has 0 aromatic rings. The van der Waals surface area contributed by atoms with Crippen molar-refractivity contribution in [2.75, 3.05) is 13.7 Å². The van der Waals surface area contributed by atoms with Gasteiger partial charge in [0.15, 0.2) is 0 Å². The van der Waals surface area contributed by atoms with Crippen molar-refractivity contribution in [2.24, 2.45) is 11.7 Å². The normalized spacial score (nSPS) is 21.7. The van der Waals surface area contributed by atoms with Crippen molar-refractivity contribution >= 4 is 42.8 Å². The van der Waals surface area contributed by atoms with E-state index in [1.165, 1.54) is 0 Å². The van der Waals surface area contributed by atoms with Crippen molar-refractivity contribution in [2.45, 2.75) is 51.4 Å². The molecular formula is C14H26N3NaO5. The van der Waals surface area contributed by atoms with Crippen LogP contribution in [-0.2, 0) is 19.1 Å². The van der Waals surface area contributed by atoms with E-state index in [0.717, 1.165) is 0 Å². The first-order valence-electron chi connectivity index (χ1n) is 7.66. The average Bonchev–Trinajstić information content (AvgIpc) is 3.26. The van der Waals surface area contributed by atoms with Crippen molar-refractivity contribution < 1.29 is 24.2 Å². The van der Waals surface area contributed by atoms with E-state index in [2.05, 4.69) is 10.6 Å². The third-order valence-electron chi connectivity index (χ3n) is 3.38. The number of carboxylic acids is 1. The van der Waals surface area contributed by atoms with E-state index in [9.17, 15) is 14.4 Å². The summed E-state index contributed by atoms with van der Waals surface area (Å²) in [6.45, 7) is 6.48. The fourth-order valence-electron chi connectivity index (χ4n) is 1.73. The molecule has 1 unspecified atom stereocenters. The second-order valence-corrected chi connectivity index (χ2v) is 7.03. The molecule has 5 N–H and O–H groups in total. The van der Waals surface area contributed by atoms with Crippen molar-refractivity contribution in [1.29, 1.82) is 0 Å². The number of hydrogen-bond donors (Lipinski definition) is 4. The van der Waals surface area contributed by atoms with E-state index in [0.29, 0.717) is 46.8 Å². The monoisotopic (exact) mass is 339 g/mol. The van der Waals surface area contributed by atoms with Crippen LogP contribution in [0, 0.1) is 5.92 Å². The van der Waals surface area contributed by atoms with Gasteiger partial charge in [-0.1, -0.05) is 0 Å². The molecule has 0 saturated carbocycles. The van der Waals surface area contributed by atoms with Gasteiger partial charge in [0.1, 0.15) is 0 Å². The maximum Gasteiger partial charge on any atom is 0.0665 e. The molecule has 1 fully saturated rings. The molecule has 1 aliphatic heterocycles. The molecule has 1 heterocycles. The number of ether oxygens (including phenoxy) is 1. The summed E-state index contributed by atoms with van der Waals surface area (Å²) in [5, 5.41) is 13.8. The minimum atomic E-state index is -1.04. The minimum absolute atomic E-state index is 0.0274. The number of rotatable bonds is 8. The molecule has 1 rings (SSSR count). The van der Waals surface area contributed by atoms with Gasteiger partial charge in [-0.15, -0.1) is 0 Å². The van der Waals surface area contributed by atoms with Gasteiger partial charge in [0.2, 0.25) is 0 Å². The molecular weight excluding hydrogens is 313 g/mol. The molecule has 0 bridgehead atoms. The van der Waals surface area contributed by atoms with E-state index in [1.807, 2.05) is 20.8 Å². The standard InChI is InChI=1S/C10H15N2O4.C4H11NO.Na/c1-5(2)3-6(4-13)11-9(14)7-8(12-7)10(15)16;1-4(3-5)6-2;/h5-8,12H,3H2,1-2H3,(H,11,14)(H,15,16);4H,3,5H2,1-2H3;/t6-,7-,8-;;/m0../s1. The summed E-state index contributed by atoms with van der Waals surface area (Å²) in [5.41, 5.74) is 5.16. The fraction of sp³-hybridized carbons (Fsp3) is 0.786. The number of hydrogen-bond acceptors (Lipinski definition) is 6. The van der Waals surface area contributed by atoms with Gasteiger partial charge in [-0.2, -0.15) is 0 Å². The van der Waals surface area contributed by atoms with Gasteiger partial charge < -0.3 is 10.5 Å². The minimum Gasteiger partial charge on any atom is -0.380 e. The number of carboxylic acid groups (broad SMARTS) is 1. The van der Waals surface area contributed by atoms with Crippen LogP contribution in [0.4, 0.5) is 0 Å². The summed E-state index contributed by atoms with van der Waals surface area (Å²) in [5.74, 6) is -1.13. The van der Waals surface area contributed by atoms with E-state index < -0.39 is 30.0 Å². The summed E-state index contributed by atoms with van der Waals surface area (Å²) in [6.07, 6.45) is 0.809. The van der Waals surface area contributed by atoms with Crippen LogP contribution < -0.4 is 16.4 Å². The third kappa shape index (κ3) is 9.39. The first-order chi connectivity index (χ1) is 10.6. The number of carbonyl (C=O) groups excluding carboxylic acids is 2. The Morgan fingerprint density at radius 2 is 1.87 bits per heavy atom. The SMILES string of the molecule is CC(C)C[C@H](NC(=O)[C@H]1N[C@@H]1C(=O)O)[C](=O)[Na].COC(C)CN. The number of aliphatic carboxylic acids is 1. The topological polar surface area (TPSA) is 141 Å². The molecule has 8 nitrogen and oxygen atoms in total. The van der Waals surface area contributed by atoms with Crippen LogP contribution in [0.15, 0.2) is 0 Å². The summed E-state index contributed by atoms with van der Waals surface area (Å²) in [7, 11) is 1.65. The number of amides is 1. The molecule has 9 heteroatoms. The van der Waals surface area contributed by atoms with Gasteiger partial charge in [-0.05, 0) is 6.92 Å². The summed E-state index contributed by atoms with van der Waals surface area (Å²) in [6, 6.07) is -1.96. The third-order valence-corrected chi connectivity index (χ3v) is 4.08. The van der Waals surface area contributed by atoms with Gasteiger partial charge in [-0.3, -0.25) is 0 Å². The maximum absolute atomic E-state index is 11.6. The molecule has 1 amide bonds. The molecule has 0 aliphatic carbocycles. The smallest absolute Gasteiger partial charge is 0.0665 e. The van der Waals surface area contributed by atoms with Crippen LogP contribution in [-0.4, -0.2) is 85.8 Å². The van der Waals surface area contributed by atoms with Crippen LogP contribution in [0.2, 0.25) is 0 Å². The van der Waals surface area contributed by atoms with Gasteiger partial charge in [0.25, 0.3) is 0 Å². The Balaban J connectivity index is 0.000000688. The van der Waals surface area contributed by atoms with Gasteiger partial charge >= 0.3 is 117 Å². The first-order valence-corrected chi connectivity index (χ1v) is 8.66. The Bertz CT molecular complexity index is 415. The molecule has 1 saturated heterocycles. The second-order valence-electron chi connectivity index (χ2n) is 6.04. The zero-order chi connectivity index (χ0) is 18.2. The largest absolute Gasteiger partial charge is 0.380 e. The molecule has 23 heavy (non-hydrogen) atoms. The van der Waals surface area contributed by atoms with Gasteiger partial charge in [-0.25, -0.2) is 0 Å². The van der Waals surface area contributed by atoms with Crippen molar-refractivity contribution in [1.82, 2.24) is 10.6 Å². The van der Waals surface area contributed by atoms with Crippen LogP contribution in [0.1, 0.15) is 27.2 Å². The molecule has 0 radical (unpaired) electrons. The van der Waals surface area contributed by atoms with E-state index in [1.54, 1.807) is 7.11 Å². The molecule has 128 valence electrons. The summed E-state index contributed by atoms with van der Waals surface area (Å²) < 4.78 is 4.80. The van der Waals surface area contributed by atoms with E-state index in [-0.39, 0.29) is 9.14 Å². The average molecular weight is 339 g/mol. The fourth-order valence-corrected chi connectivity index (χ4v) is 2.11. The van der Waals surface area contributed by atoms with Crippen LogP contribution >= 0.6 is 0 Å². The summed E-state index contributed by atoms with van der Waals surface area (Å²) in [4.78, 5) is 33.6.